The Hall–Kier alpha value is -0.610. The van der Waals surface area contributed by atoms with E-state index < -0.39 is 0 Å². The van der Waals surface area contributed by atoms with E-state index in [0.717, 1.165) is 24.8 Å². The standard InChI is InChI=1S/C12H19N3O.ClH/c1-2-5-9(4-1)11-14-12(16-15-11)10-6-3-7-13-8-10;/h9-10,13H,1-8H2;1H. The summed E-state index contributed by atoms with van der Waals surface area (Å²) in [6.45, 7) is 2.12. The molecule has 1 N–H and O–H groups in total. The Labute approximate surface area is 108 Å². The number of aromatic nitrogens is 2. The highest BCUT2D eigenvalue weighted by molar-refractivity contribution is 5.85. The van der Waals surface area contributed by atoms with Gasteiger partial charge in [0.05, 0.1) is 5.92 Å². The van der Waals surface area contributed by atoms with Crippen LogP contribution in [0, 0.1) is 0 Å². The van der Waals surface area contributed by atoms with Crippen LogP contribution in [0.3, 0.4) is 0 Å². The molecule has 0 amide bonds. The molecule has 0 bridgehead atoms. The number of nitrogens with one attached hydrogen (secondary N) is 1. The lowest BCUT2D eigenvalue weighted by atomic mass is 10.00. The minimum Gasteiger partial charge on any atom is -0.339 e. The van der Waals surface area contributed by atoms with Gasteiger partial charge in [0.1, 0.15) is 0 Å². The number of hydrogen-bond acceptors (Lipinski definition) is 4. The van der Waals surface area contributed by atoms with Crippen molar-refractivity contribution in [3.05, 3.63) is 11.7 Å². The number of hydrogen-bond donors (Lipinski definition) is 1. The van der Waals surface area contributed by atoms with E-state index in [4.69, 9.17) is 4.52 Å². The minimum absolute atomic E-state index is 0. The third-order valence-corrected chi connectivity index (χ3v) is 3.82. The van der Waals surface area contributed by atoms with Crippen molar-refractivity contribution in [3.8, 4) is 0 Å². The number of nitrogens with zero attached hydrogens (tertiary/aromatic N) is 2. The second-order valence-electron chi connectivity index (χ2n) is 5.02. The van der Waals surface area contributed by atoms with Crippen molar-refractivity contribution >= 4 is 12.4 Å². The Kier molecular flexibility index (Phi) is 4.40. The van der Waals surface area contributed by atoms with Gasteiger partial charge in [-0.3, -0.25) is 0 Å². The average Bonchev–Trinajstić information content (AvgIpc) is 3.01. The van der Waals surface area contributed by atoms with Gasteiger partial charge in [-0.15, -0.1) is 12.4 Å². The fraction of sp³-hybridized carbons (Fsp3) is 0.833. The van der Waals surface area contributed by atoms with Crippen molar-refractivity contribution in [2.45, 2.75) is 50.4 Å². The van der Waals surface area contributed by atoms with Gasteiger partial charge in [-0.1, -0.05) is 18.0 Å². The van der Waals surface area contributed by atoms with Crippen molar-refractivity contribution < 1.29 is 4.52 Å². The van der Waals surface area contributed by atoms with Crippen LogP contribution in [0.15, 0.2) is 4.52 Å². The first-order valence-corrected chi connectivity index (χ1v) is 6.47. The molecule has 1 aliphatic heterocycles. The summed E-state index contributed by atoms with van der Waals surface area (Å²) >= 11 is 0. The van der Waals surface area contributed by atoms with Crippen LogP contribution in [0.4, 0.5) is 0 Å². The first kappa shape index (κ1) is 12.8. The van der Waals surface area contributed by atoms with Gasteiger partial charge in [-0.05, 0) is 32.2 Å². The smallest absolute Gasteiger partial charge is 0.231 e. The highest BCUT2D eigenvalue weighted by Crippen LogP contribution is 2.33. The highest BCUT2D eigenvalue weighted by atomic mass is 35.5. The zero-order valence-corrected chi connectivity index (χ0v) is 10.8. The van der Waals surface area contributed by atoms with Crippen molar-refractivity contribution in [1.29, 1.82) is 0 Å². The molecule has 2 heterocycles. The number of piperidine rings is 1. The molecule has 2 aliphatic rings. The molecule has 3 rings (SSSR count). The molecule has 96 valence electrons. The predicted molar refractivity (Wildman–Crippen MR) is 67.6 cm³/mol. The second-order valence-corrected chi connectivity index (χ2v) is 5.02. The number of rotatable bonds is 2. The molecule has 1 unspecified atom stereocenters. The fourth-order valence-corrected chi connectivity index (χ4v) is 2.83. The maximum Gasteiger partial charge on any atom is 0.231 e. The normalized spacial score (nSPS) is 25.8. The van der Waals surface area contributed by atoms with Gasteiger partial charge in [-0.2, -0.15) is 4.98 Å². The topological polar surface area (TPSA) is 51.0 Å². The van der Waals surface area contributed by atoms with E-state index >= 15 is 0 Å². The van der Waals surface area contributed by atoms with Crippen LogP contribution < -0.4 is 5.32 Å². The van der Waals surface area contributed by atoms with Crippen LogP contribution in [0.1, 0.15) is 62.1 Å². The van der Waals surface area contributed by atoms with Crippen LogP contribution in [0.5, 0.6) is 0 Å². The Morgan fingerprint density at radius 2 is 1.82 bits per heavy atom. The third kappa shape index (κ3) is 2.80. The summed E-state index contributed by atoms with van der Waals surface area (Å²) < 4.78 is 5.42. The van der Waals surface area contributed by atoms with Gasteiger partial charge in [0.25, 0.3) is 0 Å². The Balaban J connectivity index is 0.00000108. The summed E-state index contributed by atoms with van der Waals surface area (Å²) in [5.74, 6) is 2.82. The van der Waals surface area contributed by atoms with Gasteiger partial charge in [-0.25, -0.2) is 0 Å². The average molecular weight is 258 g/mol. The maximum atomic E-state index is 5.42. The Morgan fingerprint density at radius 1 is 1.06 bits per heavy atom. The largest absolute Gasteiger partial charge is 0.339 e. The lowest BCUT2D eigenvalue weighted by molar-refractivity contribution is 0.319. The van der Waals surface area contributed by atoms with E-state index in [-0.39, 0.29) is 12.4 Å². The highest BCUT2D eigenvalue weighted by Gasteiger charge is 2.25. The summed E-state index contributed by atoms with van der Waals surface area (Å²) in [7, 11) is 0. The van der Waals surface area contributed by atoms with E-state index in [1.54, 1.807) is 0 Å². The van der Waals surface area contributed by atoms with E-state index in [9.17, 15) is 0 Å². The van der Waals surface area contributed by atoms with Crippen molar-refractivity contribution in [2.24, 2.45) is 0 Å². The second kappa shape index (κ2) is 5.83. The lowest BCUT2D eigenvalue weighted by Gasteiger charge is -2.18. The van der Waals surface area contributed by atoms with Crippen molar-refractivity contribution in [3.63, 3.8) is 0 Å². The molecule has 0 aromatic carbocycles. The number of halogens is 1. The van der Waals surface area contributed by atoms with Crippen LogP contribution in [-0.4, -0.2) is 23.2 Å². The summed E-state index contributed by atoms with van der Waals surface area (Å²) in [5.41, 5.74) is 0. The first-order valence-electron chi connectivity index (χ1n) is 6.47. The van der Waals surface area contributed by atoms with E-state index in [2.05, 4.69) is 15.5 Å². The quantitative estimate of drug-likeness (QED) is 0.885. The van der Waals surface area contributed by atoms with Gasteiger partial charge in [0.15, 0.2) is 5.82 Å². The van der Waals surface area contributed by atoms with Crippen molar-refractivity contribution in [1.82, 2.24) is 15.5 Å². The summed E-state index contributed by atoms with van der Waals surface area (Å²) in [6.07, 6.45) is 7.51. The summed E-state index contributed by atoms with van der Waals surface area (Å²) in [4.78, 5) is 4.60. The zero-order chi connectivity index (χ0) is 10.8. The molecule has 0 spiro atoms. The predicted octanol–water partition coefficient (Wildman–Crippen LogP) is 2.62. The molecule has 1 aliphatic carbocycles. The molecular weight excluding hydrogens is 238 g/mol. The summed E-state index contributed by atoms with van der Waals surface area (Å²) in [6, 6.07) is 0. The fourth-order valence-electron chi connectivity index (χ4n) is 2.83. The first-order chi connectivity index (χ1) is 7.93. The molecule has 2 fully saturated rings. The van der Waals surface area contributed by atoms with Gasteiger partial charge in [0.2, 0.25) is 5.89 Å². The SMILES string of the molecule is C1CCC(c2noc(C3CCCNC3)n2)C1.Cl. The zero-order valence-electron chi connectivity index (χ0n) is 10.0. The molecule has 1 aromatic rings. The third-order valence-electron chi connectivity index (χ3n) is 3.82. The molecule has 1 aromatic heterocycles. The molecule has 1 atom stereocenters. The molecule has 5 heteroatoms. The molecule has 1 saturated heterocycles. The van der Waals surface area contributed by atoms with Gasteiger partial charge >= 0.3 is 0 Å². The minimum atomic E-state index is 0. The van der Waals surface area contributed by atoms with Crippen molar-refractivity contribution in [2.75, 3.05) is 13.1 Å². The maximum absolute atomic E-state index is 5.42. The lowest BCUT2D eigenvalue weighted by Crippen LogP contribution is -2.28. The van der Waals surface area contributed by atoms with Gasteiger partial charge in [0, 0.05) is 12.5 Å². The van der Waals surface area contributed by atoms with Crippen LogP contribution in [0.2, 0.25) is 0 Å². The van der Waals surface area contributed by atoms with Crippen LogP contribution in [-0.2, 0) is 0 Å². The van der Waals surface area contributed by atoms with Crippen LogP contribution in [0.25, 0.3) is 0 Å². The van der Waals surface area contributed by atoms with Crippen LogP contribution >= 0.6 is 12.4 Å². The van der Waals surface area contributed by atoms with E-state index in [1.807, 2.05) is 0 Å². The molecule has 1 saturated carbocycles. The molecule has 4 nitrogen and oxygen atoms in total. The Bertz CT molecular complexity index is 343. The summed E-state index contributed by atoms with van der Waals surface area (Å²) in [5, 5.41) is 7.54. The monoisotopic (exact) mass is 257 g/mol. The van der Waals surface area contributed by atoms with E-state index in [0.29, 0.717) is 11.8 Å². The molecule has 17 heavy (non-hydrogen) atoms. The Morgan fingerprint density at radius 3 is 2.53 bits per heavy atom. The molecular formula is C12H20ClN3O. The molecule has 0 radical (unpaired) electrons. The van der Waals surface area contributed by atoms with E-state index in [1.165, 1.54) is 38.5 Å². The van der Waals surface area contributed by atoms with Gasteiger partial charge < -0.3 is 9.84 Å².